The number of rotatable bonds is 7. The third-order valence-corrected chi connectivity index (χ3v) is 5.82. The predicted molar refractivity (Wildman–Crippen MR) is 124 cm³/mol. The number of ketones is 1. The summed E-state index contributed by atoms with van der Waals surface area (Å²) in [5.74, 6) is -0.556. The number of benzene rings is 1. The molecule has 1 aromatic carbocycles. The first kappa shape index (κ1) is 23.6. The Kier molecular flexibility index (Phi) is 7.09. The number of hydrogen-bond donors (Lipinski definition) is 1. The van der Waals surface area contributed by atoms with E-state index in [1.807, 2.05) is 43.3 Å². The third-order valence-electron chi connectivity index (χ3n) is 5.82. The first-order valence-electron chi connectivity index (χ1n) is 11.0. The van der Waals surface area contributed by atoms with Crippen molar-refractivity contribution >= 4 is 17.4 Å². The predicted octanol–water partition coefficient (Wildman–Crippen LogP) is 3.59. The van der Waals surface area contributed by atoms with E-state index in [0.717, 1.165) is 12.1 Å². The summed E-state index contributed by atoms with van der Waals surface area (Å²) < 4.78 is 0. The molecule has 1 amide bonds. The zero-order valence-electron chi connectivity index (χ0n) is 19.7. The van der Waals surface area contributed by atoms with Crippen LogP contribution in [0.5, 0.6) is 0 Å². The van der Waals surface area contributed by atoms with Crippen LogP contribution in [0.4, 0.5) is 0 Å². The highest BCUT2D eigenvalue weighted by Gasteiger charge is 2.46. The van der Waals surface area contributed by atoms with E-state index in [4.69, 9.17) is 0 Å². The monoisotopic (exact) mass is 436 g/mol. The quantitative estimate of drug-likeness (QED) is 0.406. The average Bonchev–Trinajstić information content (AvgIpc) is 2.98. The zero-order valence-corrected chi connectivity index (χ0v) is 19.7. The summed E-state index contributed by atoms with van der Waals surface area (Å²) in [5.41, 5.74) is 2.98. The minimum atomic E-state index is -0.676. The lowest BCUT2D eigenvalue weighted by atomic mass is 9.93. The Bertz CT molecular complexity index is 1040. The molecule has 170 valence electrons. The molecule has 1 aliphatic heterocycles. The van der Waals surface area contributed by atoms with Crippen LogP contribution in [0.3, 0.4) is 0 Å². The molecule has 2 heterocycles. The van der Waals surface area contributed by atoms with Crippen molar-refractivity contribution in [2.24, 2.45) is 0 Å². The summed E-state index contributed by atoms with van der Waals surface area (Å²) in [6, 6.07) is 7.26. The van der Waals surface area contributed by atoms with Crippen LogP contribution in [-0.2, 0) is 9.59 Å². The van der Waals surface area contributed by atoms with Gasteiger partial charge in [0.05, 0.1) is 22.9 Å². The van der Waals surface area contributed by atoms with Crippen LogP contribution in [0, 0.1) is 13.8 Å². The molecule has 0 saturated carbocycles. The number of likely N-dealkylation sites (tertiary alicyclic amines) is 1. The van der Waals surface area contributed by atoms with Crippen molar-refractivity contribution in [2.45, 2.75) is 46.1 Å². The summed E-state index contributed by atoms with van der Waals surface area (Å²) in [7, 11) is 3.94. The maximum atomic E-state index is 13.1. The van der Waals surface area contributed by atoms with E-state index in [-0.39, 0.29) is 11.3 Å². The molecule has 1 saturated heterocycles. The van der Waals surface area contributed by atoms with Crippen molar-refractivity contribution in [3.63, 3.8) is 0 Å². The standard InChI is InChI=1S/C25H32N4O3/c1-15(2)18-8-10-19(11-9-18)22-21(23(30)20-14-26-17(4)27-16(20)3)24(31)25(32)29(22)13-7-12-28(5)6/h8-11,14-15,22,30H,7,12-13H2,1-6H3/t22-/m0/s1. The number of amides is 1. The second-order valence-electron chi connectivity index (χ2n) is 8.89. The smallest absolute Gasteiger partial charge is 0.295 e. The Morgan fingerprint density at radius 3 is 2.38 bits per heavy atom. The van der Waals surface area contributed by atoms with Crippen molar-refractivity contribution in [3.8, 4) is 0 Å². The van der Waals surface area contributed by atoms with Gasteiger partial charge in [-0.05, 0) is 58.0 Å². The highest BCUT2D eigenvalue weighted by molar-refractivity contribution is 6.46. The van der Waals surface area contributed by atoms with Crippen LogP contribution in [-0.4, -0.2) is 63.7 Å². The second kappa shape index (κ2) is 9.61. The average molecular weight is 437 g/mol. The van der Waals surface area contributed by atoms with E-state index in [1.165, 1.54) is 11.8 Å². The molecule has 2 aromatic rings. The van der Waals surface area contributed by atoms with Crippen LogP contribution in [0.25, 0.3) is 5.76 Å². The number of aliphatic hydroxyl groups is 1. The third kappa shape index (κ3) is 4.72. The summed E-state index contributed by atoms with van der Waals surface area (Å²) in [5, 5.41) is 11.2. The van der Waals surface area contributed by atoms with Crippen molar-refractivity contribution in [2.75, 3.05) is 27.2 Å². The first-order chi connectivity index (χ1) is 15.1. The van der Waals surface area contributed by atoms with Crippen LogP contribution < -0.4 is 0 Å². The molecule has 0 bridgehead atoms. The van der Waals surface area contributed by atoms with Crippen LogP contribution in [0.1, 0.15) is 60.4 Å². The number of carbonyl (C=O) groups is 2. The lowest BCUT2D eigenvalue weighted by molar-refractivity contribution is -0.139. The van der Waals surface area contributed by atoms with E-state index in [9.17, 15) is 14.7 Å². The number of hydrogen-bond acceptors (Lipinski definition) is 6. The molecular weight excluding hydrogens is 404 g/mol. The summed E-state index contributed by atoms with van der Waals surface area (Å²) in [4.78, 5) is 38.2. The lowest BCUT2D eigenvalue weighted by Gasteiger charge is -2.26. The fraction of sp³-hybridized carbons (Fsp3) is 0.440. The van der Waals surface area contributed by atoms with Gasteiger partial charge in [-0.1, -0.05) is 38.1 Å². The molecule has 0 spiro atoms. The molecule has 32 heavy (non-hydrogen) atoms. The fourth-order valence-electron chi connectivity index (χ4n) is 4.04. The summed E-state index contributed by atoms with van der Waals surface area (Å²) in [6.45, 7) is 8.94. The van der Waals surface area contributed by atoms with Gasteiger partial charge in [0.2, 0.25) is 0 Å². The van der Waals surface area contributed by atoms with E-state index >= 15 is 0 Å². The zero-order chi connectivity index (χ0) is 23.6. The Balaban J connectivity index is 2.12. The van der Waals surface area contributed by atoms with Gasteiger partial charge in [0.15, 0.2) is 0 Å². The number of nitrogens with zero attached hydrogens (tertiary/aromatic N) is 4. The van der Waals surface area contributed by atoms with E-state index in [0.29, 0.717) is 36.0 Å². The second-order valence-corrected chi connectivity index (χ2v) is 8.89. The number of aromatic nitrogens is 2. The Morgan fingerprint density at radius 1 is 1.16 bits per heavy atom. The summed E-state index contributed by atoms with van der Waals surface area (Å²) >= 11 is 0. The van der Waals surface area contributed by atoms with E-state index in [2.05, 4.69) is 23.8 Å². The largest absolute Gasteiger partial charge is 0.507 e. The van der Waals surface area contributed by atoms with Crippen molar-refractivity contribution in [1.82, 2.24) is 19.8 Å². The number of carbonyl (C=O) groups excluding carboxylic acids is 2. The number of Topliss-reactive ketones (excluding diaryl/α,β-unsaturated/α-hetero) is 1. The molecule has 1 atom stereocenters. The molecule has 1 aliphatic rings. The van der Waals surface area contributed by atoms with Crippen molar-refractivity contribution < 1.29 is 14.7 Å². The van der Waals surface area contributed by atoms with Gasteiger partial charge in [0, 0.05) is 12.7 Å². The van der Waals surface area contributed by atoms with Gasteiger partial charge in [-0.25, -0.2) is 9.97 Å². The Hall–Kier alpha value is -3.06. The lowest BCUT2D eigenvalue weighted by Crippen LogP contribution is -2.32. The molecule has 0 unspecified atom stereocenters. The van der Waals surface area contributed by atoms with Gasteiger partial charge in [-0.3, -0.25) is 9.59 Å². The van der Waals surface area contributed by atoms with E-state index in [1.54, 1.807) is 18.7 Å². The maximum absolute atomic E-state index is 13.1. The highest BCUT2D eigenvalue weighted by Crippen LogP contribution is 2.40. The Labute approximate surface area is 189 Å². The topological polar surface area (TPSA) is 86.6 Å². The van der Waals surface area contributed by atoms with Gasteiger partial charge >= 0.3 is 0 Å². The molecule has 0 radical (unpaired) electrons. The van der Waals surface area contributed by atoms with Gasteiger partial charge in [0.25, 0.3) is 11.7 Å². The van der Waals surface area contributed by atoms with Crippen LogP contribution in [0.15, 0.2) is 36.0 Å². The van der Waals surface area contributed by atoms with Crippen LogP contribution >= 0.6 is 0 Å². The van der Waals surface area contributed by atoms with Crippen LogP contribution in [0.2, 0.25) is 0 Å². The normalized spacial score (nSPS) is 18.2. The molecule has 3 rings (SSSR count). The molecule has 1 aromatic heterocycles. The van der Waals surface area contributed by atoms with Gasteiger partial charge in [0.1, 0.15) is 11.6 Å². The molecule has 1 N–H and O–H groups in total. The molecule has 7 heteroatoms. The maximum Gasteiger partial charge on any atom is 0.295 e. The minimum absolute atomic E-state index is 0.0905. The minimum Gasteiger partial charge on any atom is -0.507 e. The van der Waals surface area contributed by atoms with Crippen molar-refractivity contribution in [3.05, 3.63) is 64.2 Å². The van der Waals surface area contributed by atoms with Gasteiger partial charge < -0.3 is 14.9 Å². The highest BCUT2D eigenvalue weighted by atomic mass is 16.3. The summed E-state index contributed by atoms with van der Waals surface area (Å²) in [6.07, 6.45) is 2.22. The van der Waals surface area contributed by atoms with E-state index < -0.39 is 17.7 Å². The number of aliphatic hydroxyl groups excluding tert-OH is 1. The Morgan fingerprint density at radius 2 is 1.81 bits per heavy atom. The molecule has 0 aliphatic carbocycles. The number of aryl methyl sites for hydroxylation is 2. The SMILES string of the molecule is Cc1ncc(C(O)=C2C(=O)C(=O)N(CCCN(C)C)[C@H]2c2ccc(C(C)C)cc2)c(C)n1. The molecule has 1 fully saturated rings. The molecular formula is C25H32N4O3. The van der Waals surface area contributed by atoms with Gasteiger partial charge in [-0.15, -0.1) is 0 Å². The molecule has 7 nitrogen and oxygen atoms in total. The van der Waals surface area contributed by atoms with Gasteiger partial charge in [-0.2, -0.15) is 0 Å². The fourth-order valence-corrected chi connectivity index (χ4v) is 4.04. The first-order valence-corrected chi connectivity index (χ1v) is 11.0. The van der Waals surface area contributed by atoms with Crippen molar-refractivity contribution in [1.29, 1.82) is 0 Å².